The van der Waals surface area contributed by atoms with Gasteiger partial charge in [-0.05, 0) is 34.1 Å². The molecule has 0 saturated heterocycles. The molecule has 0 aliphatic rings. The third-order valence-electron chi connectivity index (χ3n) is 4.18. The van der Waals surface area contributed by atoms with Crippen molar-refractivity contribution in [2.75, 3.05) is 0 Å². The first-order chi connectivity index (χ1) is 12.4. The van der Waals surface area contributed by atoms with Gasteiger partial charge >= 0.3 is 38.5 Å². The van der Waals surface area contributed by atoms with E-state index in [-0.39, 0.29) is 41.8 Å². The minimum atomic E-state index is -0.981. The summed E-state index contributed by atoms with van der Waals surface area (Å²) in [6.45, 7) is 24.6. The van der Waals surface area contributed by atoms with Crippen molar-refractivity contribution in [3.63, 3.8) is 0 Å². The van der Waals surface area contributed by atoms with Gasteiger partial charge in [0.1, 0.15) is 5.75 Å². The Hall–Kier alpha value is 0.0981. The number of hydrogen-bond acceptors (Lipinski definition) is 1. The maximum absolute atomic E-state index is 9.72. The van der Waals surface area contributed by atoms with Crippen LogP contribution < -0.4 is 30.0 Å². The molecule has 0 saturated carbocycles. The fourth-order valence-corrected chi connectivity index (χ4v) is 3.54. The molecule has 0 aliphatic carbocycles. The molecule has 0 amide bonds. The molecule has 1 nitrogen and oxygen atoms in total. The Kier molecular flexibility index (Phi) is 16.5. The number of aromatic hydroxyl groups is 1. The van der Waals surface area contributed by atoms with Crippen LogP contribution in [0.4, 0.5) is 0 Å². The van der Waals surface area contributed by atoms with E-state index in [1.807, 2.05) is 12.1 Å². The molecule has 0 spiro atoms. The molecular weight excluding hydrogens is 479 g/mol. The Bertz CT molecular complexity index is 702. The predicted molar refractivity (Wildman–Crippen MR) is 128 cm³/mol. The maximum Gasteiger partial charge on any atom is -1.00 e. The Balaban J connectivity index is -0.000000417. The predicted octanol–water partition coefficient (Wildman–Crippen LogP) is 0.730. The molecule has 2 aromatic rings. The first-order valence-corrected chi connectivity index (χ1v) is 18.4. The van der Waals surface area contributed by atoms with Crippen molar-refractivity contribution in [3.05, 3.63) is 53.6 Å². The van der Waals surface area contributed by atoms with Crippen LogP contribution in [-0.2, 0) is 30.0 Å². The van der Waals surface area contributed by atoms with E-state index in [0.29, 0.717) is 5.75 Å². The van der Waals surface area contributed by atoms with Crippen molar-refractivity contribution < 1.29 is 49.1 Å². The molecule has 0 radical (unpaired) electrons. The molecule has 2 aromatic carbocycles. The molecule has 2 rings (SSSR count). The van der Waals surface area contributed by atoms with Gasteiger partial charge in [-0.15, -0.1) is 0 Å². The molecule has 170 valence electrons. The van der Waals surface area contributed by atoms with Crippen LogP contribution in [0.2, 0.25) is 32.7 Å². The maximum atomic E-state index is 9.72. The van der Waals surface area contributed by atoms with E-state index >= 15 is 0 Å². The first kappa shape index (κ1) is 34.7. The van der Waals surface area contributed by atoms with E-state index in [1.54, 1.807) is 5.19 Å². The number of phenols is 1. The molecule has 0 aliphatic heterocycles. The molecule has 1 N–H and O–H groups in total. The first-order valence-electron chi connectivity index (χ1n) is 10.0. The fraction of sp³-hybridized carbons (Fsp3) is 0.542. The molecule has 0 unspecified atom stereocenters. The van der Waals surface area contributed by atoms with Gasteiger partial charge in [0.15, 0.2) is 0 Å². The summed E-state index contributed by atoms with van der Waals surface area (Å²) in [7, 11) is -0.981. The molecule has 0 bridgehead atoms. The van der Waals surface area contributed by atoms with E-state index in [4.69, 9.17) is 0 Å². The smallest absolute Gasteiger partial charge is 1.00 e. The second kappa shape index (κ2) is 14.3. The summed E-state index contributed by atoms with van der Waals surface area (Å²) < 4.78 is 0. The number of rotatable bonds is 1. The van der Waals surface area contributed by atoms with Gasteiger partial charge in [0, 0.05) is 8.07 Å². The van der Waals surface area contributed by atoms with Crippen molar-refractivity contribution in [2.24, 2.45) is 0 Å². The standard InChI is InChI=1S/C14H22O.C8H13Si.C2H6Si.2ClH.Ti/c1-13(2,3)10-7-11(14(4,5)6)9-12(15)8-10;1-9(2,3)8-6-4-5-7-8;1-3-2;;;/h7-9,15H,1-6H3;4-7H,1-3H3;1-2H3;2*1H;/q;-1;;;;+2/p-2. The summed E-state index contributed by atoms with van der Waals surface area (Å²) in [6.07, 6.45) is 0.120. The van der Waals surface area contributed by atoms with E-state index < -0.39 is 8.07 Å². The van der Waals surface area contributed by atoms with E-state index in [2.05, 4.69) is 124 Å². The zero-order valence-electron chi connectivity index (χ0n) is 20.7. The normalized spacial score (nSPS) is 11.0. The van der Waals surface area contributed by atoms with Crippen LogP contribution in [0.5, 0.6) is 5.75 Å². The van der Waals surface area contributed by atoms with Gasteiger partial charge in [-0.2, -0.15) is 17.3 Å². The number of halogens is 2. The largest absolute Gasteiger partial charge is 1.00 e. The monoisotopic (exact) mass is 519 g/mol. The van der Waals surface area contributed by atoms with Gasteiger partial charge in [0.2, 0.25) is 0 Å². The Morgan fingerprint density at radius 3 is 1.30 bits per heavy atom. The van der Waals surface area contributed by atoms with Crippen molar-refractivity contribution in [1.82, 2.24) is 0 Å². The number of hydrogen-bond donors (Lipinski definition) is 1. The number of benzene rings is 1. The average Bonchev–Trinajstić information content (AvgIpc) is 2.99. The zero-order chi connectivity index (χ0) is 22.3. The SMILES string of the molecule is CC(C)(C)c1cc(O)cc(C(C)(C)C)c1.C[Si](C)(C)[c-]1cccc1.C[Si](C)=[Ti+2].[Cl-].[Cl-]. The summed E-state index contributed by atoms with van der Waals surface area (Å²) in [5.74, 6) is 0.368. The van der Waals surface area contributed by atoms with Gasteiger partial charge < -0.3 is 29.9 Å². The molecule has 30 heavy (non-hydrogen) atoms. The van der Waals surface area contributed by atoms with Crippen molar-refractivity contribution in [3.8, 4) is 5.75 Å². The third kappa shape index (κ3) is 15.0. The minimum absolute atomic E-state index is 0. The van der Waals surface area contributed by atoms with Crippen molar-refractivity contribution in [1.29, 1.82) is 0 Å². The molecule has 0 heterocycles. The van der Waals surface area contributed by atoms with Gasteiger partial charge in [-0.1, -0.05) is 67.2 Å². The fourth-order valence-electron chi connectivity index (χ4n) is 2.35. The van der Waals surface area contributed by atoms with Crippen LogP contribution in [0.3, 0.4) is 0 Å². The Morgan fingerprint density at radius 1 is 0.800 bits per heavy atom. The van der Waals surface area contributed by atoms with Crippen LogP contribution in [0.25, 0.3) is 0 Å². The molecule has 0 aromatic heterocycles. The second-order valence-corrected chi connectivity index (χ2v) is 22.5. The molecule has 6 heteroatoms. The second-order valence-electron chi connectivity index (χ2n) is 10.7. The Labute approximate surface area is 211 Å². The topological polar surface area (TPSA) is 20.2 Å². The van der Waals surface area contributed by atoms with Crippen LogP contribution >= 0.6 is 0 Å². The van der Waals surface area contributed by atoms with Gasteiger partial charge in [-0.3, -0.25) is 0 Å². The summed E-state index contributed by atoms with van der Waals surface area (Å²) in [5.41, 5.74) is 2.54. The summed E-state index contributed by atoms with van der Waals surface area (Å²) in [4.78, 5) is 0. The molecule has 0 fully saturated rings. The van der Waals surface area contributed by atoms with Gasteiger partial charge in [0.05, 0.1) is 0 Å². The van der Waals surface area contributed by atoms with Crippen LogP contribution in [0, 0.1) is 0 Å². The van der Waals surface area contributed by atoms with Crippen molar-refractivity contribution >= 4 is 19.4 Å². The Morgan fingerprint density at radius 2 is 1.10 bits per heavy atom. The number of phenolic OH excluding ortho intramolecular Hbond substituents is 1. The quantitative estimate of drug-likeness (QED) is 0.435. The van der Waals surface area contributed by atoms with Crippen molar-refractivity contribution in [2.45, 2.75) is 85.1 Å². The average molecular weight is 521 g/mol. The molecular formula is C24H41Cl2OSi2Ti-. The summed E-state index contributed by atoms with van der Waals surface area (Å²) in [6, 6.07) is 14.6. The van der Waals surface area contributed by atoms with Crippen LogP contribution in [0.1, 0.15) is 52.7 Å². The summed E-state index contributed by atoms with van der Waals surface area (Å²) in [5, 5.41) is 11.3. The van der Waals surface area contributed by atoms with Crippen LogP contribution in [-0.4, -0.2) is 19.4 Å². The summed E-state index contributed by atoms with van der Waals surface area (Å²) >= 11 is 2.27. The van der Waals surface area contributed by atoms with Gasteiger partial charge in [0.25, 0.3) is 0 Å². The molecule has 0 atom stereocenters. The van der Waals surface area contributed by atoms with E-state index in [0.717, 1.165) is 0 Å². The minimum Gasteiger partial charge on any atom is -1.00 e. The van der Waals surface area contributed by atoms with Gasteiger partial charge in [-0.25, -0.2) is 12.1 Å². The van der Waals surface area contributed by atoms with E-state index in [1.165, 1.54) is 11.1 Å². The van der Waals surface area contributed by atoms with E-state index in [9.17, 15) is 5.11 Å². The van der Waals surface area contributed by atoms with Crippen LogP contribution in [0.15, 0.2) is 42.5 Å². The zero-order valence-corrected chi connectivity index (χ0v) is 25.8. The third-order valence-corrected chi connectivity index (χ3v) is 6.24.